The number of rotatable bonds is 9. The number of phenolic OH excluding ortho intramolecular Hbond substituents is 2. The first kappa shape index (κ1) is 26.6. The smallest absolute Gasteiger partial charge is 0.335 e. The van der Waals surface area contributed by atoms with E-state index in [0.717, 1.165) is 11.1 Å². The summed E-state index contributed by atoms with van der Waals surface area (Å²) < 4.78 is 16.2. The molecule has 0 saturated carbocycles. The number of aromatic hydroxyl groups is 2. The van der Waals surface area contributed by atoms with Crippen molar-refractivity contribution >= 4 is 5.97 Å². The van der Waals surface area contributed by atoms with Crippen LogP contribution in [0.2, 0.25) is 0 Å². The van der Waals surface area contributed by atoms with Crippen molar-refractivity contribution in [3.05, 3.63) is 47.5 Å². The fourth-order valence-corrected chi connectivity index (χ4v) is 4.05. The van der Waals surface area contributed by atoms with Crippen molar-refractivity contribution in [1.29, 1.82) is 0 Å². The van der Waals surface area contributed by atoms with Crippen molar-refractivity contribution in [1.82, 2.24) is 0 Å². The van der Waals surface area contributed by atoms with Gasteiger partial charge >= 0.3 is 5.97 Å². The normalized spacial score (nSPS) is 26.1. The molecule has 0 amide bonds. The van der Waals surface area contributed by atoms with Crippen molar-refractivity contribution in [2.45, 2.75) is 57.4 Å². The fraction of sp³-hybridized carbons (Fsp3) is 0.480. The second-order valence-electron chi connectivity index (χ2n) is 9.02. The van der Waals surface area contributed by atoms with E-state index >= 15 is 0 Å². The van der Waals surface area contributed by atoms with E-state index in [1.54, 1.807) is 24.3 Å². The third-order valence-electron chi connectivity index (χ3n) is 6.41. The number of hydrogen-bond acceptors (Lipinski definition) is 9. The van der Waals surface area contributed by atoms with Gasteiger partial charge in [-0.3, -0.25) is 0 Å². The Morgan fingerprint density at radius 1 is 0.886 bits per heavy atom. The van der Waals surface area contributed by atoms with Crippen LogP contribution in [0.4, 0.5) is 0 Å². The lowest BCUT2D eigenvalue weighted by Crippen LogP contribution is -2.61. The average molecular weight is 493 g/mol. The molecule has 35 heavy (non-hydrogen) atoms. The molecule has 0 aromatic heterocycles. The van der Waals surface area contributed by atoms with Crippen molar-refractivity contribution in [2.24, 2.45) is 11.8 Å². The summed E-state index contributed by atoms with van der Waals surface area (Å²) in [7, 11) is 1.44. The van der Waals surface area contributed by atoms with E-state index in [9.17, 15) is 35.4 Å². The molecule has 1 aliphatic heterocycles. The van der Waals surface area contributed by atoms with Crippen molar-refractivity contribution in [3.8, 4) is 23.0 Å². The number of aliphatic carboxylic acids is 1. The van der Waals surface area contributed by atoms with Gasteiger partial charge in [0, 0.05) is 0 Å². The molecular formula is C25H32O10. The Hall–Kier alpha value is -3.05. The predicted octanol–water partition coefficient (Wildman–Crippen LogP) is 1.43. The lowest BCUT2D eigenvalue weighted by molar-refractivity contribution is -0.271. The van der Waals surface area contributed by atoms with Gasteiger partial charge in [-0.05, 0) is 60.1 Å². The Labute approximate surface area is 202 Å². The second-order valence-corrected chi connectivity index (χ2v) is 9.02. The van der Waals surface area contributed by atoms with Gasteiger partial charge in [0.1, 0.15) is 18.3 Å². The van der Waals surface area contributed by atoms with Gasteiger partial charge in [0.25, 0.3) is 0 Å². The zero-order valence-corrected chi connectivity index (χ0v) is 19.7. The maximum absolute atomic E-state index is 11.3. The topological polar surface area (TPSA) is 166 Å². The summed E-state index contributed by atoms with van der Waals surface area (Å²) in [5, 5.41) is 58.4. The molecule has 2 aromatic carbocycles. The van der Waals surface area contributed by atoms with Crippen LogP contribution in [0, 0.1) is 11.8 Å². The zero-order valence-electron chi connectivity index (χ0n) is 19.7. The van der Waals surface area contributed by atoms with Crippen LogP contribution in [0.15, 0.2) is 36.4 Å². The number of benzene rings is 2. The number of ether oxygens (including phenoxy) is 3. The van der Waals surface area contributed by atoms with Crippen LogP contribution in [-0.2, 0) is 22.4 Å². The van der Waals surface area contributed by atoms with Crippen LogP contribution in [0.3, 0.4) is 0 Å². The van der Waals surface area contributed by atoms with Crippen molar-refractivity contribution in [2.75, 3.05) is 7.11 Å². The number of carboxylic acids is 1. The number of carboxylic acid groups (broad SMARTS) is 1. The Kier molecular flexibility index (Phi) is 8.44. The highest BCUT2D eigenvalue weighted by atomic mass is 16.7. The van der Waals surface area contributed by atoms with Gasteiger partial charge in [0.05, 0.1) is 7.11 Å². The van der Waals surface area contributed by atoms with Gasteiger partial charge < -0.3 is 44.8 Å². The molecule has 7 unspecified atom stereocenters. The average Bonchev–Trinajstić information content (AvgIpc) is 2.82. The lowest BCUT2D eigenvalue weighted by atomic mass is 9.85. The quantitative estimate of drug-likeness (QED) is 0.282. The number of carbonyl (C=O) groups is 1. The van der Waals surface area contributed by atoms with Crippen molar-refractivity contribution < 1.29 is 49.6 Å². The zero-order chi connectivity index (χ0) is 25.9. The lowest BCUT2D eigenvalue weighted by Gasteiger charge is -2.38. The van der Waals surface area contributed by atoms with Crippen LogP contribution in [0.25, 0.3) is 0 Å². The van der Waals surface area contributed by atoms with Crippen LogP contribution < -0.4 is 9.47 Å². The first-order valence-corrected chi connectivity index (χ1v) is 11.3. The molecule has 0 aliphatic carbocycles. The number of aliphatic hydroxyl groups is 3. The minimum atomic E-state index is -1.80. The first-order valence-electron chi connectivity index (χ1n) is 11.3. The highest BCUT2D eigenvalue weighted by Crippen LogP contribution is 2.34. The first-order chi connectivity index (χ1) is 16.5. The molecule has 1 heterocycles. The standard InChI is InChI=1S/C25H32O10/c1-12(8-14-4-6-16(26)17(27)10-14)13(2)9-15-5-7-18(19(11-15)33-3)34-25-22(30)20(28)21(29)23(35-25)24(31)32/h4-7,10-13,20-23,25-30H,8-9H2,1-3H3,(H,31,32). The highest BCUT2D eigenvalue weighted by molar-refractivity contribution is 5.73. The molecule has 1 aliphatic rings. The van der Waals surface area contributed by atoms with E-state index in [1.807, 2.05) is 6.07 Å². The molecule has 1 fully saturated rings. The summed E-state index contributed by atoms with van der Waals surface area (Å²) in [6, 6.07) is 9.98. The molecule has 0 bridgehead atoms. The van der Waals surface area contributed by atoms with E-state index < -0.39 is 36.7 Å². The number of hydrogen-bond donors (Lipinski definition) is 6. The van der Waals surface area contributed by atoms with E-state index in [-0.39, 0.29) is 29.1 Å². The van der Waals surface area contributed by atoms with Crippen LogP contribution in [-0.4, -0.2) is 74.4 Å². The fourth-order valence-electron chi connectivity index (χ4n) is 4.05. The van der Waals surface area contributed by atoms with Gasteiger partial charge in [0.2, 0.25) is 6.29 Å². The molecule has 2 aromatic rings. The molecule has 192 valence electrons. The molecule has 0 radical (unpaired) electrons. The summed E-state index contributed by atoms with van der Waals surface area (Å²) >= 11 is 0. The summed E-state index contributed by atoms with van der Waals surface area (Å²) in [6.07, 6.45) is -7.13. The largest absolute Gasteiger partial charge is 0.504 e. The summed E-state index contributed by atoms with van der Waals surface area (Å²) in [4.78, 5) is 11.3. The molecule has 10 nitrogen and oxygen atoms in total. The van der Waals surface area contributed by atoms with Gasteiger partial charge in [-0.25, -0.2) is 4.79 Å². The molecule has 3 rings (SSSR count). The predicted molar refractivity (Wildman–Crippen MR) is 123 cm³/mol. The van der Waals surface area contributed by atoms with Crippen LogP contribution >= 0.6 is 0 Å². The van der Waals surface area contributed by atoms with Crippen LogP contribution in [0.5, 0.6) is 23.0 Å². The Morgan fingerprint density at radius 3 is 2.06 bits per heavy atom. The molecule has 7 atom stereocenters. The van der Waals surface area contributed by atoms with E-state index in [1.165, 1.54) is 13.2 Å². The van der Waals surface area contributed by atoms with E-state index in [0.29, 0.717) is 18.6 Å². The monoisotopic (exact) mass is 492 g/mol. The highest BCUT2D eigenvalue weighted by Gasteiger charge is 2.48. The minimum Gasteiger partial charge on any atom is -0.504 e. The molecular weight excluding hydrogens is 460 g/mol. The van der Waals surface area contributed by atoms with Gasteiger partial charge in [-0.2, -0.15) is 0 Å². The SMILES string of the molecule is COc1cc(CC(C)C(C)Cc2ccc(O)c(O)c2)ccc1OC1OC(C(=O)O)C(O)C(O)C1O. The molecule has 1 saturated heterocycles. The van der Waals surface area contributed by atoms with Gasteiger partial charge in [0.15, 0.2) is 29.1 Å². The van der Waals surface area contributed by atoms with Gasteiger partial charge in [-0.15, -0.1) is 0 Å². The Morgan fingerprint density at radius 2 is 1.49 bits per heavy atom. The van der Waals surface area contributed by atoms with Gasteiger partial charge in [-0.1, -0.05) is 26.0 Å². The molecule has 0 spiro atoms. The summed E-state index contributed by atoms with van der Waals surface area (Å²) in [5.41, 5.74) is 1.87. The number of methoxy groups -OCH3 is 1. The third kappa shape index (κ3) is 6.15. The Bertz CT molecular complexity index is 1030. The van der Waals surface area contributed by atoms with Crippen LogP contribution in [0.1, 0.15) is 25.0 Å². The second kappa shape index (κ2) is 11.1. The van der Waals surface area contributed by atoms with E-state index in [4.69, 9.17) is 14.2 Å². The molecule has 6 N–H and O–H groups in total. The number of aliphatic hydroxyl groups excluding tert-OH is 3. The summed E-state index contributed by atoms with van der Waals surface area (Å²) in [5.74, 6) is -0.788. The Balaban J connectivity index is 1.68. The molecule has 10 heteroatoms. The minimum absolute atomic E-state index is 0.147. The maximum atomic E-state index is 11.3. The van der Waals surface area contributed by atoms with Crippen molar-refractivity contribution in [3.63, 3.8) is 0 Å². The number of phenols is 2. The third-order valence-corrected chi connectivity index (χ3v) is 6.41. The van der Waals surface area contributed by atoms with E-state index in [2.05, 4.69) is 13.8 Å². The maximum Gasteiger partial charge on any atom is 0.335 e. The summed E-state index contributed by atoms with van der Waals surface area (Å²) in [6.45, 7) is 4.20.